The fourth-order valence-corrected chi connectivity index (χ4v) is 3.13. The number of rotatable bonds is 9. The number of benzene rings is 1. The Labute approximate surface area is 129 Å². The van der Waals surface area contributed by atoms with Gasteiger partial charge in [-0.15, -0.1) is 0 Å². The minimum atomic E-state index is 0.804. The van der Waals surface area contributed by atoms with Crippen molar-refractivity contribution in [2.75, 3.05) is 13.6 Å². The normalized spacial score (nSPS) is 12.9. The van der Waals surface area contributed by atoms with E-state index >= 15 is 0 Å². The first-order valence-electron chi connectivity index (χ1n) is 8.51. The molecule has 2 aromatic rings. The van der Waals surface area contributed by atoms with Gasteiger partial charge in [-0.2, -0.15) is 0 Å². The van der Waals surface area contributed by atoms with Gasteiger partial charge in [0, 0.05) is 23.6 Å². The molecule has 0 aliphatic heterocycles. The van der Waals surface area contributed by atoms with Gasteiger partial charge in [0.05, 0.1) is 0 Å². The molecule has 0 amide bonds. The van der Waals surface area contributed by atoms with Gasteiger partial charge in [-0.3, -0.25) is 0 Å². The summed E-state index contributed by atoms with van der Waals surface area (Å²) in [7, 11) is 2.02. The second-order valence-electron chi connectivity index (χ2n) is 6.09. The molecule has 0 spiro atoms. The first kappa shape index (κ1) is 16.1. The molecule has 1 atom stereocenters. The Morgan fingerprint density at radius 2 is 2.00 bits per heavy atom. The van der Waals surface area contributed by atoms with Crippen LogP contribution in [0.5, 0.6) is 0 Å². The fraction of sp³-hybridized carbons (Fsp3) is 0.579. The molecule has 0 bridgehead atoms. The van der Waals surface area contributed by atoms with E-state index in [1.165, 1.54) is 42.1 Å². The van der Waals surface area contributed by atoms with Crippen LogP contribution in [0, 0.1) is 5.92 Å². The van der Waals surface area contributed by atoms with Gasteiger partial charge in [-0.05, 0) is 44.0 Å². The van der Waals surface area contributed by atoms with E-state index in [0.29, 0.717) is 0 Å². The summed E-state index contributed by atoms with van der Waals surface area (Å²) in [6.45, 7) is 6.82. The molecule has 0 radical (unpaired) electrons. The van der Waals surface area contributed by atoms with Crippen LogP contribution < -0.4 is 5.32 Å². The van der Waals surface area contributed by atoms with Crippen LogP contribution in [-0.2, 0) is 13.0 Å². The highest BCUT2D eigenvalue weighted by Gasteiger charge is 2.12. The zero-order chi connectivity index (χ0) is 15.1. The van der Waals surface area contributed by atoms with Crippen LogP contribution in [0.2, 0.25) is 0 Å². The molecule has 0 aliphatic carbocycles. The molecule has 0 saturated heterocycles. The highest BCUT2D eigenvalue weighted by molar-refractivity contribution is 5.84. The summed E-state index contributed by atoms with van der Waals surface area (Å²) >= 11 is 0. The van der Waals surface area contributed by atoms with Crippen molar-refractivity contribution in [3.8, 4) is 0 Å². The minimum Gasteiger partial charge on any atom is -0.347 e. The lowest BCUT2D eigenvalue weighted by molar-refractivity contribution is 0.396. The predicted octanol–water partition coefficient (Wildman–Crippen LogP) is 4.62. The van der Waals surface area contributed by atoms with Crippen molar-refractivity contribution in [3.63, 3.8) is 0 Å². The molecule has 1 heterocycles. The van der Waals surface area contributed by atoms with Gasteiger partial charge >= 0.3 is 0 Å². The second kappa shape index (κ2) is 8.23. The van der Waals surface area contributed by atoms with Gasteiger partial charge in [0.2, 0.25) is 0 Å². The maximum atomic E-state index is 3.26. The van der Waals surface area contributed by atoms with Gasteiger partial charge < -0.3 is 9.88 Å². The third-order valence-electron chi connectivity index (χ3n) is 4.51. The molecule has 0 saturated carbocycles. The maximum Gasteiger partial charge on any atom is 0.0483 e. The Morgan fingerprint density at radius 3 is 2.71 bits per heavy atom. The molecule has 1 aromatic carbocycles. The van der Waals surface area contributed by atoms with Crippen LogP contribution in [0.3, 0.4) is 0 Å². The number of unbranched alkanes of at least 4 members (excludes halogenated alkanes) is 1. The quantitative estimate of drug-likeness (QED) is 0.711. The highest BCUT2D eigenvalue weighted by Crippen LogP contribution is 2.24. The van der Waals surface area contributed by atoms with E-state index in [1.807, 2.05) is 7.05 Å². The number of likely N-dealkylation sites (N-methyl/N-ethyl adjacent to an activating group) is 1. The zero-order valence-electron chi connectivity index (χ0n) is 13.9. The topological polar surface area (TPSA) is 17.0 Å². The average molecular weight is 286 g/mol. The Hall–Kier alpha value is -1.28. The van der Waals surface area contributed by atoms with E-state index in [9.17, 15) is 0 Å². The third-order valence-corrected chi connectivity index (χ3v) is 4.51. The molecule has 2 heteroatoms. The number of aromatic nitrogens is 1. The van der Waals surface area contributed by atoms with E-state index in [-0.39, 0.29) is 0 Å². The monoisotopic (exact) mass is 286 g/mol. The van der Waals surface area contributed by atoms with E-state index in [4.69, 9.17) is 0 Å². The zero-order valence-corrected chi connectivity index (χ0v) is 13.9. The lowest BCUT2D eigenvalue weighted by Crippen LogP contribution is -2.10. The van der Waals surface area contributed by atoms with Crippen molar-refractivity contribution >= 4 is 10.9 Å². The lowest BCUT2D eigenvalue weighted by atomic mass is 9.99. The van der Waals surface area contributed by atoms with Crippen LogP contribution in [-0.4, -0.2) is 18.2 Å². The van der Waals surface area contributed by atoms with Crippen LogP contribution in [0.1, 0.15) is 45.1 Å². The molecule has 2 rings (SSSR count). The molecule has 2 nitrogen and oxygen atoms in total. The third kappa shape index (κ3) is 4.10. The first-order valence-corrected chi connectivity index (χ1v) is 8.51. The Kier molecular flexibility index (Phi) is 6.31. The van der Waals surface area contributed by atoms with E-state index < -0.39 is 0 Å². The molecule has 116 valence electrons. The summed E-state index contributed by atoms with van der Waals surface area (Å²) in [5.74, 6) is 0.804. The number of hydrogen-bond acceptors (Lipinski definition) is 1. The smallest absolute Gasteiger partial charge is 0.0483 e. The van der Waals surface area contributed by atoms with Crippen LogP contribution in [0.25, 0.3) is 10.9 Å². The molecule has 1 N–H and O–H groups in total. The number of nitrogens with zero attached hydrogens (tertiary/aromatic N) is 1. The Bertz CT molecular complexity index is 541. The van der Waals surface area contributed by atoms with E-state index in [0.717, 1.165) is 25.4 Å². The van der Waals surface area contributed by atoms with Crippen molar-refractivity contribution in [2.24, 2.45) is 5.92 Å². The summed E-state index contributed by atoms with van der Waals surface area (Å²) < 4.78 is 2.49. The van der Waals surface area contributed by atoms with E-state index in [1.54, 1.807) is 0 Å². The van der Waals surface area contributed by atoms with Crippen molar-refractivity contribution in [2.45, 2.75) is 52.5 Å². The molecule has 0 aliphatic rings. The van der Waals surface area contributed by atoms with Crippen molar-refractivity contribution in [1.29, 1.82) is 0 Å². The first-order chi connectivity index (χ1) is 10.3. The van der Waals surface area contributed by atoms with Crippen molar-refractivity contribution < 1.29 is 0 Å². The van der Waals surface area contributed by atoms with Crippen LogP contribution in [0.15, 0.2) is 30.5 Å². The maximum absolute atomic E-state index is 3.26. The molecule has 0 fully saturated rings. The summed E-state index contributed by atoms with van der Waals surface area (Å²) in [6, 6.07) is 8.85. The molecule has 21 heavy (non-hydrogen) atoms. The molecule has 1 aromatic heterocycles. The standard InChI is InChI=1S/C19H30N2/c1-4-6-9-16(5-2)14-21-15-17(12-13-20-3)18-10-7-8-11-19(18)21/h7-8,10-11,15-16,20H,4-6,9,12-14H2,1-3H3. The summed E-state index contributed by atoms with van der Waals surface area (Å²) in [4.78, 5) is 0. The van der Waals surface area contributed by atoms with Crippen LogP contribution >= 0.6 is 0 Å². The lowest BCUT2D eigenvalue weighted by Gasteiger charge is -2.16. The largest absolute Gasteiger partial charge is 0.347 e. The Balaban J connectivity index is 2.22. The van der Waals surface area contributed by atoms with Crippen molar-refractivity contribution in [3.05, 3.63) is 36.0 Å². The molecular formula is C19H30N2. The summed E-state index contributed by atoms with van der Waals surface area (Å²) in [6.07, 6.45) is 8.77. The summed E-state index contributed by atoms with van der Waals surface area (Å²) in [5.41, 5.74) is 2.88. The predicted molar refractivity (Wildman–Crippen MR) is 92.9 cm³/mol. The number of para-hydroxylation sites is 1. The number of nitrogens with one attached hydrogen (secondary N) is 1. The van der Waals surface area contributed by atoms with Gasteiger partial charge in [-0.1, -0.05) is 51.3 Å². The second-order valence-corrected chi connectivity index (χ2v) is 6.09. The SMILES string of the molecule is CCCCC(CC)Cn1cc(CCNC)c2ccccc21. The fourth-order valence-electron chi connectivity index (χ4n) is 3.13. The van der Waals surface area contributed by atoms with E-state index in [2.05, 4.69) is 54.2 Å². The molecular weight excluding hydrogens is 256 g/mol. The van der Waals surface area contributed by atoms with Crippen LogP contribution in [0.4, 0.5) is 0 Å². The average Bonchev–Trinajstić information content (AvgIpc) is 2.87. The van der Waals surface area contributed by atoms with Crippen molar-refractivity contribution in [1.82, 2.24) is 9.88 Å². The van der Waals surface area contributed by atoms with Gasteiger partial charge in [-0.25, -0.2) is 0 Å². The van der Waals surface area contributed by atoms with Gasteiger partial charge in [0.15, 0.2) is 0 Å². The minimum absolute atomic E-state index is 0.804. The highest BCUT2D eigenvalue weighted by atomic mass is 15.0. The number of hydrogen-bond donors (Lipinski definition) is 1. The molecule has 1 unspecified atom stereocenters. The van der Waals surface area contributed by atoms with Gasteiger partial charge in [0.1, 0.15) is 0 Å². The Morgan fingerprint density at radius 1 is 1.19 bits per heavy atom. The number of fused-ring (bicyclic) bond motifs is 1. The summed E-state index contributed by atoms with van der Waals surface area (Å²) in [5, 5.41) is 4.69. The van der Waals surface area contributed by atoms with Gasteiger partial charge in [0.25, 0.3) is 0 Å².